The molecule has 1 aliphatic heterocycles. The Kier molecular flexibility index (Phi) is 3.64. The number of hydrogen-bond acceptors (Lipinski definition) is 7. The Labute approximate surface area is 147 Å². The minimum atomic E-state index is -1.72. The van der Waals surface area contributed by atoms with E-state index in [9.17, 15) is 24.6 Å². The molecule has 0 saturated carbocycles. The summed E-state index contributed by atoms with van der Waals surface area (Å²) < 4.78 is 10.0. The third kappa shape index (κ3) is 2.33. The fourth-order valence-corrected chi connectivity index (χ4v) is 3.44. The topological polar surface area (TPSA) is 110 Å². The lowest BCUT2D eigenvalue weighted by Crippen LogP contribution is -2.40. The lowest BCUT2D eigenvalue weighted by molar-refractivity contribution is -0.218. The second kappa shape index (κ2) is 5.76. The highest BCUT2D eigenvalue weighted by Gasteiger charge is 2.43. The number of benzene rings is 2. The van der Waals surface area contributed by atoms with Gasteiger partial charge < -0.3 is 19.7 Å². The molecule has 0 spiro atoms. The number of carbonyl (C=O) groups excluding carboxylic acids is 3. The van der Waals surface area contributed by atoms with Crippen molar-refractivity contribution in [1.82, 2.24) is 0 Å². The van der Waals surface area contributed by atoms with Crippen LogP contribution in [0.3, 0.4) is 0 Å². The minimum absolute atomic E-state index is 0.0298. The zero-order chi connectivity index (χ0) is 18.6. The first-order valence-corrected chi connectivity index (χ1v) is 7.96. The molecule has 0 bridgehead atoms. The van der Waals surface area contributed by atoms with E-state index < -0.39 is 30.1 Å². The number of phenolic OH excluding ortho intramolecular Hbond substituents is 1. The van der Waals surface area contributed by atoms with Gasteiger partial charge in [0.15, 0.2) is 17.9 Å². The highest BCUT2D eigenvalue weighted by Crippen LogP contribution is 2.41. The standard InChI is InChI=1S/C19H14O7/c1-8(20)25-13-7-12-15(19(24)26-13)18(23)14-11(16(12)21)6-9-4-2-3-5-10(9)17(14)22/h2-6,13,19,22,24H,7H2,1H3/t13-,19+/m0/s1. The summed E-state index contributed by atoms with van der Waals surface area (Å²) in [5.74, 6) is -2.12. The van der Waals surface area contributed by atoms with Crippen LogP contribution in [0.5, 0.6) is 5.75 Å². The van der Waals surface area contributed by atoms with Gasteiger partial charge in [-0.1, -0.05) is 24.3 Å². The van der Waals surface area contributed by atoms with Crippen molar-refractivity contribution < 1.29 is 34.1 Å². The summed E-state index contributed by atoms with van der Waals surface area (Å²) in [6.07, 6.45) is -3.03. The maximum absolute atomic E-state index is 12.9. The number of aliphatic hydroxyl groups is 1. The van der Waals surface area contributed by atoms with Crippen molar-refractivity contribution in [2.24, 2.45) is 0 Å². The number of ketones is 2. The van der Waals surface area contributed by atoms with Crippen LogP contribution in [0.2, 0.25) is 0 Å². The van der Waals surface area contributed by atoms with Crippen LogP contribution in [0.25, 0.3) is 10.8 Å². The summed E-state index contributed by atoms with van der Waals surface area (Å²) in [6, 6.07) is 8.35. The summed E-state index contributed by atoms with van der Waals surface area (Å²) >= 11 is 0. The van der Waals surface area contributed by atoms with E-state index in [0.717, 1.165) is 0 Å². The molecule has 1 heterocycles. The normalized spacial score (nSPS) is 22.2. The van der Waals surface area contributed by atoms with Gasteiger partial charge in [-0.3, -0.25) is 14.4 Å². The average molecular weight is 354 g/mol. The smallest absolute Gasteiger partial charge is 0.304 e. The largest absolute Gasteiger partial charge is 0.507 e. The number of fused-ring (bicyclic) bond motifs is 2. The van der Waals surface area contributed by atoms with Crippen LogP contribution in [0.4, 0.5) is 0 Å². The van der Waals surface area contributed by atoms with Crippen LogP contribution in [0.15, 0.2) is 41.5 Å². The number of ether oxygens (including phenoxy) is 2. The second-order valence-electron chi connectivity index (χ2n) is 6.15. The molecule has 26 heavy (non-hydrogen) atoms. The number of hydrogen-bond donors (Lipinski definition) is 2. The minimum Gasteiger partial charge on any atom is -0.507 e. The van der Waals surface area contributed by atoms with Crippen LogP contribution in [-0.2, 0) is 14.3 Å². The van der Waals surface area contributed by atoms with E-state index in [-0.39, 0.29) is 34.4 Å². The van der Waals surface area contributed by atoms with E-state index in [1.54, 1.807) is 24.3 Å². The SMILES string of the molecule is CC(=O)O[C@@H]1CC2=C(C(=O)c3c(cc4ccccc4c3O)C2=O)[C@H](O)O1. The predicted octanol–water partition coefficient (Wildman–Crippen LogP) is 1.85. The Morgan fingerprint density at radius 2 is 1.96 bits per heavy atom. The summed E-state index contributed by atoms with van der Waals surface area (Å²) in [4.78, 5) is 37.0. The fraction of sp³-hybridized carbons (Fsp3) is 0.211. The molecule has 2 aromatic carbocycles. The Hall–Kier alpha value is -3.03. The maximum Gasteiger partial charge on any atom is 0.304 e. The van der Waals surface area contributed by atoms with Gasteiger partial charge >= 0.3 is 5.97 Å². The molecule has 0 aromatic heterocycles. The number of rotatable bonds is 1. The highest BCUT2D eigenvalue weighted by atomic mass is 16.7. The second-order valence-corrected chi connectivity index (χ2v) is 6.15. The third-order valence-electron chi connectivity index (χ3n) is 4.53. The molecule has 0 unspecified atom stereocenters. The summed E-state index contributed by atoms with van der Waals surface area (Å²) in [5, 5.41) is 21.8. The fourth-order valence-electron chi connectivity index (χ4n) is 3.44. The summed E-state index contributed by atoms with van der Waals surface area (Å²) in [7, 11) is 0. The number of aromatic hydroxyl groups is 1. The molecule has 7 nitrogen and oxygen atoms in total. The molecule has 2 atom stereocenters. The van der Waals surface area contributed by atoms with Gasteiger partial charge in [0.25, 0.3) is 0 Å². The Bertz CT molecular complexity index is 1020. The molecule has 7 heteroatoms. The molecular formula is C19H14O7. The predicted molar refractivity (Wildman–Crippen MR) is 88.6 cm³/mol. The Balaban J connectivity index is 1.89. The van der Waals surface area contributed by atoms with E-state index in [1.807, 2.05) is 0 Å². The van der Waals surface area contributed by atoms with E-state index in [4.69, 9.17) is 9.47 Å². The number of phenols is 1. The first-order valence-electron chi connectivity index (χ1n) is 7.96. The van der Waals surface area contributed by atoms with E-state index in [1.165, 1.54) is 13.0 Å². The van der Waals surface area contributed by atoms with Crippen molar-refractivity contribution >= 4 is 28.3 Å². The zero-order valence-electron chi connectivity index (χ0n) is 13.7. The van der Waals surface area contributed by atoms with Crippen molar-refractivity contribution in [2.75, 3.05) is 0 Å². The lowest BCUT2D eigenvalue weighted by atomic mass is 9.79. The van der Waals surface area contributed by atoms with Gasteiger partial charge in [0, 0.05) is 29.9 Å². The monoisotopic (exact) mass is 354 g/mol. The van der Waals surface area contributed by atoms with E-state index >= 15 is 0 Å². The average Bonchev–Trinajstić information content (AvgIpc) is 2.58. The number of aliphatic hydroxyl groups excluding tert-OH is 1. The van der Waals surface area contributed by atoms with Gasteiger partial charge in [-0.2, -0.15) is 0 Å². The molecule has 2 aliphatic rings. The van der Waals surface area contributed by atoms with Gasteiger partial charge in [0.05, 0.1) is 11.1 Å². The number of esters is 1. The van der Waals surface area contributed by atoms with Gasteiger partial charge in [-0.15, -0.1) is 0 Å². The van der Waals surface area contributed by atoms with Gasteiger partial charge in [-0.05, 0) is 11.5 Å². The molecule has 132 valence electrons. The molecule has 0 amide bonds. The quantitative estimate of drug-likeness (QED) is 0.752. The van der Waals surface area contributed by atoms with Gasteiger partial charge in [0.2, 0.25) is 6.29 Å². The Morgan fingerprint density at radius 3 is 2.69 bits per heavy atom. The lowest BCUT2D eigenvalue weighted by Gasteiger charge is -2.32. The van der Waals surface area contributed by atoms with Crippen LogP contribution >= 0.6 is 0 Å². The zero-order valence-corrected chi connectivity index (χ0v) is 13.7. The highest BCUT2D eigenvalue weighted by molar-refractivity contribution is 6.30. The molecule has 2 N–H and O–H groups in total. The van der Waals surface area contributed by atoms with Crippen molar-refractivity contribution in [3.8, 4) is 5.75 Å². The molecule has 0 saturated heterocycles. The Morgan fingerprint density at radius 1 is 1.23 bits per heavy atom. The molecule has 2 aromatic rings. The van der Waals surface area contributed by atoms with E-state index in [2.05, 4.69) is 0 Å². The van der Waals surface area contributed by atoms with Crippen molar-refractivity contribution in [1.29, 1.82) is 0 Å². The summed E-state index contributed by atoms with van der Waals surface area (Å²) in [6.45, 7) is 1.17. The first-order chi connectivity index (χ1) is 12.4. The number of carbonyl (C=O) groups is 3. The molecule has 0 fully saturated rings. The van der Waals surface area contributed by atoms with Crippen molar-refractivity contribution in [3.05, 3.63) is 52.6 Å². The van der Waals surface area contributed by atoms with E-state index in [0.29, 0.717) is 10.8 Å². The maximum atomic E-state index is 12.9. The van der Waals surface area contributed by atoms with Gasteiger partial charge in [-0.25, -0.2) is 0 Å². The van der Waals surface area contributed by atoms with Crippen LogP contribution < -0.4 is 0 Å². The van der Waals surface area contributed by atoms with Crippen LogP contribution in [0, 0.1) is 0 Å². The van der Waals surface area contributed by atoms with Crippen LogP contribution in [0.1, 0.15) is 34.1 Å². The third-order valence-corrected chi connectivity index (χ3v) is 4.53. The van der Waals surface area contributed by atoms with Crippen molar-refractivity contribution in [3.63, 3.8) is 0 Å². The van der Waals surface area contributed by atoms with Crippen molar-refractivity contribution in [2.45, 2.75) is 25.9 Å². The number of Topliss-reactive ketones (excluding diaryl/α,β-unsaturated/α-hetero) is 2. The van der Waals surface area contributed by atoms with Gasteiger partial charge in [0.1, 0.15) is 5.75 Å². The molecule has 1 aliphatic carbocycles. The van der Waals surface area contributed by atoms with Crippen LogP contribution in [-0.4, -0.2) is 40.3 Å². The molecule has 0 radical (unpaired) electrons. The summed E-state index contributed by atoms with van der Waals surface area (Å²) in [5.41, 5.74) is -0.291. The molecule has 4 rings (SSSR count). The molecular weight excluding hydrogens is 340 g/mol. The first kappa shape index (κ1) is 16.4.